The quantitative estimate of drug-likeness (QED) is 0.574. The molecule has 14 heavy (non-hydrogen) atoms. The molecule has 1 heterocycles. The van der Waals surface area contributed by atoms with Crippen molar-refractivity contribution in [2.45, 2.75) is 0 Å². The third kappa shape index (κ3) is 2.16. The second-order valence-electron chi connectivity index (χ2n) is 2.31. The van der Waals surface area contributed by atoms with Crippen LogP contribution in [0, 0.1) is 0 Å². The smallest absolute Gasteiger partial charge is 0.361 e. The van der Waals surface area contributed by atoms with E-state index >= 15 is 0 Å². The summed E-state index contributed by atoms with van der Waals surface area (Å²) in [5.74, 6) is -1.77. The number of esters is 1. The van der Waals surface area contributed by atoms with Gasteiger partial charge in [0.1, 0.15) is 5.69 Å². The minimum atomic E-state index is -1.10. The number of aromatic nitrogens is 1. The SMILES string of the molecule is C=COC(=O)c1ccc(C(=O)O)cn1. The number of rotatable bonds is 3. The van der Waals surface area contributed by atoms with Gasteiger partial charge in [-0.15, -0.1) is 0 Å². The van der Waals surface area contributed by atoms with Crippen molar-refractivity contribution in [3.8, 4) is 0 Å². The first kappa shape index (κ1) is 9.91. The number of carbonyl (C=O) groups excluding carboxylic acids is 1. The standard InChI is InChI=1S/C9H7NO4/c1-2-14-9(13)7-4-3-6(5-10-7)8(11)12/h2-5H,1H2,(H,11,12). The van der Waals surface area contributed by atoms with E-state index in [1.54, 1.807) is 0 Å². The van der Waals surface area contributed by atoms with Crippen molar-refractivity contribution in [3.63, 3.8) is 0 Å². The summed E-state index contributed by atoms with van der Waals surface area (Å²) in [7, 11) is 0. The topological polar surface area (TPSA) is 76.5 Å². The van der Waals surface area contributed by atoms with Gasteiger partial charge in [0.2, 0.25) is 0 Å². The van der Waals surface area contributed by atoms with Gasteiger partial charge >= 0.3 is 11.9 Å². The molecule has 0 unspecified atom stereocenters. The molecule has 0 aliphatic carbocycles. The number of aromatic carboxylic acids is 1. The monoisotopic (exact) mass is 193 g/mol. The first-order valence-electron chi connectivity index (χ1n) is 3.66. The average Bonchev–Trinajstić information content (AvgIpc) is 2.18. The molecule has 0 radical (unpaired) electrons. The Morgan fingerprint density at radius 2 is 2.21 bits per heavy atom. The molecule has 0 bridgehead atoms. The normalized spacial score (nSPS) is 9.14. The fourth-order valence-corrected chi connectivity index (χ4v) is 0.777. The lowest BCUT2D eigenvalue weighted by Crippen LogP contribution is -2.05. The molecule has 1 rings (SSSR count). The summed E-state index contributed by atoms with van der Waals surface area (Å²) < 4.78 is 4.44. The number of hydrogen-bond donors (Lipinski definition) is 1. The lowest BCUT2D eigenvalue weighted by atomic mass is 10.2. The molecular formula is C9H7NO4. The molecule has 0 saturated heterocycles. The van der Waals surface area contributed by atoms with Crippen LogP contribution in [0.3, 0.4) is 0 Å². The van der Waals surface area contributed by atoms with Crippen molar-refractivity contribution in [2.75, 3.05) is 0 Å². The maximum Gasteiger partial charge on any atom is 0.361 e. The van der Waals surface area contributed by atoms with Gasteiger partial charge in [-0.2, -0.15) is 0 Å². The molecule has 0 aromatic carbocycles. The Kier molecular flexibility index (Phi) is 2.96. The Balaban J connectivity index is 2.88. The van der Waals surface area contributed by atoms with E-state index in [-0.39, 0.29) is 11.3 Å². The first-order chi connectivity index (χ1) is 6.65. The van der Waals surface area contributed by atoms with Gasteiger partial charge in [-0.3, -0.25) is 0 Å². The lowest BCUT2D eigenvalue weighted by molar-refractivity contribution is 0.0651. The lowest BCUT2D eigenvalue weighted by Gasteiger charge is -1.98. The maximum atomic E-state index is 11.0. The zero-order chi connectivity index (χ0) is 10.6. The van der Waals surface area contributed by atoms with Crippen LogP contribution in [0.1, 0.15) is 20.8 Å². The molecule has 1 aromatic heterocycles. The number of carboxylic acids is 1. The summed E-state index contributed by atoms with van der Waals surface area (Å²) in [6.07, 6.45) is 2.07. The average molecular weight is 193 g/mol. The second kappa shape index (κ2) is 4.18. The largest absolute Gasteiger partial charge is 0.478 e. The van der Waals surface area contributed by atoms with E-state index in [2.05, 4.69) is 16.3 Å². The Morgan fingerprint density at radius 3 is 2.64 bits per heavy atom. The highest BCUT2D eigenvalue weighted by molar-refractivity contribution is 5.90. The number of hydrogen-bond acceptors (Lipinski definition) is 4. The van der Waals surface area contributed by atoms with E-state index in [9.17, 15) is 9.59 Å². The Bertz CT molecular complexity index is 369. The molecule has 0 spiro atoms. The van der Waals surface area contributed by atoms with Crippen molar-refractivity contribution >= 4 is 11.9 Å². The molecule has 5 heteroatoms. The number of nitrogens with zero attached hydrogens (tertiary/aromatic N) is 1. The highest BCUT2D eigenvalue weighted by atomic mass is 16.5. The van der Waals surface area contributed by atoms with Crippen molar-refractivity contribution < 1.29 is 19.4 Å². The van der Waals surface area contributed by atoms with Crippen molar-refractivity contribution in [3.05, 3.63) is 42.4 Å². The molecule has 0 atom stereocenters. The summed E-state index contributed by atoms with van der Waals surface area (Å²) in [5.41, 5.74) is 0.0510. The van der Waals surface area contributed by atoms with Crippen LogP contribution >= 0.6 is 0 Å². The Labute approximate surface area is 79.7 Å². The van der Waals surface area contributed by atoms with Gasteiger partial charge in [-0.25, -0.2) is 14.6 Å². The fraction of sp³-hybridized carbons (Fsp3) is 0. The fourth-order valence-electron chi connectivity index (χ4n) is 0.777. The third-order valence-electron chi connectivity index (χ3n) is 1.41. The Morgan fingerprint density at radius 1 is 1.50 bits per heavy atom. The highest BCUT2D eigenvalue weighted by Gasteiger charge is 2.09. The number of ether oxygens (including phenoxy) is 1. The van der Waals surface area contributed by atoms with E-state index in [0.717, 1.165) is 12.5 Å². The number of carboxylic acid groups (broad SMARTS) is 1. The van der Waals surface area contributed by atoms with Gasteiger partial charge in [0.25, 0.3) is 0 Å². The minimum Gasteiger partial charge on any atom is -0.478 e. The zero-order valence-corrected chi connectivity index (χ0v) is 7.14. The molecule has 1 N–H and O–H groups in total. The van der Waals surface area contributed by atoms with Crippen LogP contribution in [-0.2, 0) is 4.74 Å². The highest BCUT2D eigenvalue weighted by Crippen LogP contribution is 2.01. The van der Waals surface area contributed by atoms with Crippen molar-refractivity contribution in [1.29, 1.82) is 0 Å². The molecule has 0 amide bonds. The van der Waals surface area contributed by atoms with E-state index in [4.69, 9.17) is 5.11 Å². The van der Waals surface area contributed by atoms with Gasteiger partial charge < -0.3 is 9.84 Å². The molecule has 72 valence electrons. The summed E-state index contributed by atoms with van der Waals surface area (Å²) >= 11 is 0. The van der Waals surface area contributed by atoms with Crippen molar-refractivity contribution in [2.24, 2.45) is 0 Å². The van der Waals surface area contributed by atoms with Crippen LogP contribution in [0.25, 0.3) is 0 Å². The molecule has 5 nitrogen and oxygen atoms in total. The molecule has 1 aromatic rings. The van der Waals surface area contributed by atoms with Crippen LogP contribution in [0.5, 0.6) is 0 Å². The van der Waals surface area contributed by atoms with Gasteiger partial charge in [-0.05, 0) is 12.1 Å². The zero-order valence-electron chi connectivity index (χ0n) is 7.14. The predicted octanol–water partition coefficient (Wildman–Crippen LogP) is 1.08. The van der Waals surface area contributed by atoms with Crippen LogP contribution in [-0.4, -0.2) is 22.0 Å². The van der Waals surface area contributed by atoms with Gasteiger partial charge in [0.15, 0.2) is 0 Å². The predicted molar refractivity (Wildman–Crippen MR) is 46.8 cm³/mol. The molecule has 0 saturated carbocycles. The second-order valence-corrected chi connectivity index (χ2v) is 2.31. The molecule has 0 aliphatic rings. The van der Waals surface area contributed by atoms with Crippen LogP contribution in [0.2, 0.25) is 0 Å². The Hall–Kier alpha value is -2.17. The molecule has 0 fully saturated rings. The van der Waals surface area contributed by atoms with Gasteiger partial charge in [0.05, 0.1) is 11.8 Å². The maximum absolute atomic E-state index is 11.0. The third-order valence-corrected chi connectivity index (χ3v) is 1.41. The van der Waals surface area contributed by atoms with E-state index in [0.29, 0.717) is 0 Å². The number of pyridine rings is 1. The first-order valence-corrected chi connectivity index (χ1v) is 3.66. The van der Waals surface area contributed by atoms with Crippen LogP contribution in [0.15, 0.2) is 31.2 Å². The summed E-state index contributed by atoms with van der Waals surface area (Å²) in [4.78, 5) is 25.1. The van der Waals surface area contributed by atoms with E-state index in [1.807, 2.05) is 0 Å². The minimum absolute atomic E-state index is 0.0140. The molecular weight excluding hydrogens is 186 g/mol. The van der Waals surface area contributed by atoms with Crippen molar-refractivity contribution in [1.82, 2.24) is 4.98 Å². The van der Waals surface area contributed by atoms with Crippen LogP contribution < -0.4 is 0 Å². The summed E-state index contributed by atoms with van der Waals surface area (Å²) in [6.45, 7) is 3.21. The van der Waals surface area contributed by atoms with Gasteiger partial charge in [-0.1, -0.05) is 6.58 Å². The molecule has 0 aliphatic heterocycles. The van der Waals surface area contributed by atoms with E-state index in [1.165, 1.54) is 12.1 Å². The summed E-state index contributed by atoms with van der Waals surface area (Å²) in [5, 5.41) is 8.55. The van der Waals surface area contributed by atoms with E-state index < -0.39 is 11.9 Å². The summed E-state index contributed by atoms with van der Waals surface area (Å²) in [6, 6.07) is 2.55. The van der Waals surface area contributed by atoms with Gasteiger partial charge in [0, 0.05) is 6.20 Å². The number of carbonyl (C=O) groups is 2. The van der Waals surface area contributed by atoms with Crippen LogP contribution in [0.4, 0.5) is 0 Å².